The summed E-state index contributed by atoms with van der Waals surface area (Å²) < 4.78 is 33.0. The molecule has 0 fully saturated rings. The van der Waals surface area contributed by atoms with E-state index in [1.54, 1.807) is 11.8 Å². The quantitative estimate of drug-likeness (QED) is 0.683. The maximum atomic E-state index is 14.1. The lowest BCUT2D eigenvalue weighted by Gasteiger charge is -2.37. The maximum absolute atomic E-state index is 14.1. The van der Waals surface area contributed by atoms with Crippen LogP contribution in [0.4, 0.5) is 8.78 Å². The van der Waals surface area contributed by atoms with Crippen LogP contribution in [0, 0.1) is 11.6 Å². The summed E-state index contributed by atoms with van der Waals surface area (Å²) in [5.74, 6) is -2.16. The number of thiocarbonyl (C=S) groups is 1. The van der Waals surface area contributed by atoms with Crippen LogP contribution < -0.4 is 5.32 Å². The van der Waals surface area contributed by atoms with Gasteiger partial charge in [0.15, 0.2) is 5.11 Å². The van der Waals surface area contributed by atoms with Gasteiger partial charge in [0.1, 0.15) is 11.6 Å². The number of ether oxygens (including phenoxy) is 1. The van der Waals surface area contributed by atoms with E-state index in [1.165, 1.54) is 13.2 Å². The summed E-state index contributed by atoms with van der Waals surface area (Å²) in [6.07, 6.45) is 0. The summed E-state index contributed by atoms with van der Waals surface area (Å²) in [4.78, 5) is 13.8. The first-order valence-corrected chi connectivity index (χ1v) is 7.14. The molecule has 0 aliphatic carbocycles. The van der Waals surface area contributed by atoms with E-state index in [2.05, 4.69) is 5.32 Å². The van der Waals surface area contributed by atoms with Gasteiger partial charge >= 0.3 is 5.97 Å². The number of hydrogen-bond donors (Lipinski definition) is 1. The van der Waals surface area contributed by atoms with Crippen LogP contribution in [-0.4, -0.2) is 29.6 Å². The lowest BCUT2D eigenvalue weighted by atomic mass is 9.94. The van der Waals surface area contributed by atoms with E-state index in [0.29, 0.717) is 17.4 Å². The van der Waals surface area contributed by atoms with Gasteiger partial charge in [-0.3, -0.25) is 0 Å². The summed E-state index contributed by atoms with van der Waals surface area (Å²) in [7, 11) is 1.22. The van der Waals surface area contributed by atoms with Gasteiger partial charge in [-0.05, 0) is 38.2 Å². The van der Waals surface area contributed by atoms with Crippen molar-refractivity contribution < 1.29 is 18.3 Å². The number of nitrogens with zero attached hydrogens (tertiary/aromatic N) is 1. The first-order valence-electron chi connectivity index (χ1n) is 6.73. The zero-order chi connectivity index (χ0) is 16.4. The second-order valence-electron chi connectivity index (χ2n) is 4.75. The number of allylic oxidation sites excluding steroid dienone is 1. The highest BCUT2D eigenvalue weighted by Gasteiger charge is 2.36. The molecule has 0 unspecified atom stereocenters. The van der Waals surface area contributed by atoms with Crippen molar-refractivity contribution in [2.45, 2.75) is 19.9 Å². The number of carbonyl (C=O) groups is 1. The van der Waals surface area contributed by atoms with Gasteiger partial charge in [-0.15, -0.1) is 0 Å². The van der Waals surface area contributed by atoms with Crippen LogP contribution in [0.3, 0.4) is 0 Å². The predicted molar refractivity (Wildman–Crippen MR) is 81.9 cm³/mol. The average Bonchev–Trinajstić information content (AvgIpc) is 2.46. The molecule has 1 aliphatic rings. The summed E-state index contributed by atoms with van der Waals surface area (Å²) in [5, 5.41) is 3.14. The number of halogens is 2. The molecule has 0 aromatic heterocycles. The van der Waals surface area contributed by atoms with Crippen molar-refractivity contribution in [1.29, 1.82) is 0 Å². The van der Waals surface area contributed by atoms with Gasteiger partial charge in [0, 0.05) is 12.2 Å². The zero-order valence-electron chi connectivity index (χ0n) is 12.4. The summed E-state index contributed by atoms with van der Waals surface area (Å²) in [5.41, 5.74) is 0.410. The highest BCUT2D eigenvalue weighted by atomic mass is 32.1. The number of nitrogens with one attached hydrogen (secondary N) is 1. The third-order valence-corrected chi connectivity index (χ3v) is 3.94. The largest absolute Gasteiger partial charge is 0.466 e. The molecule has 0 amide bonds. The molecule has 1 heterocycles. The lowest BCUT2D eigenvalue weighted by molar-refractivity contribution is -0.136. The molecule has 0 bridgehead atoms. The second kappa shape index (κ2) is 6.39. The van der Waals surface area contributed by atoms with Gasteiger partial charge in [0.05, 0.1) is 24.3 Å². The van der Waals surface area contributed by atoms with Crippen LogP contribution in [0.1, 0.15) is 25.5 Å². The Balaban J connectivity index is 2.66. The van der Waals surface area contributed by atoms with Gasteiger partial charge in [-0.1, -0.05) is 6.07 Å². The van der Waals surface area contributed by atoms with Crippen LogP contribution in [-0.2, 0) is 9.53 Å². The molecule has 1 aromatic rings. The van der Waals surface area contributed by atoms with Crippen molar-refractivity contribution in [3.05, 3.63) is 46.7 Å². The maximum Gasteiger partial charge on any atom is 0.337 e. The van der Waals surface area contributed by atoms with E-state index < -0.39 is 23.6 Å². The van der Waals surface area contributed by atoms with Crippen molar-refractivity contribution in [3.63, 3.8) is 0 Å². The van der Waals surface area contributed by atoms with Gasteiger partial charge in [-0.2, -0.15) is 0 Å². The van der Waals surface area contributed by atoms with E-state index in [-0.39, 0.29) is 11.1 Å². The summed E-state index contributed by atoms with van der Waals surface area (Å²) in [6.45, 7) is 4.05. The van der Waals surface area contributed by atoms with Crippen molar-refractivity contribution in [3.8, 4) is 0 Å². The van der Waals surface area contributed by atoms with Crippen LogP contribution in [0.15, 0.2) is 29.5 Å². The number of methoxy groups -OCH3 is 1. The SMILES string of the molecule is CCN1C(=S)N[C@H](c2c(F)cccc2F)C(C(=O)OC)=C1C. The number of carbonyl (C=O) groups excluding carboxylic acids is 1. The number of benzene rings is 1. The van der Waals surface area contributed by atoms with Gasteiger partial charge in [0.2, 0.25) is 0 Å². The normalized spacial score (nSPS) is 18.3. The van der Waals surface area contributed by atoms with Crippen molar-refractivity contribution >= 4 is 23.3 Å². The fourth-order valence-electron chi connectivity index (χ4n) is 2.54. The summed E-state index contributed by atoms with van der Waals surface area (Å²) >= 11 is 5.23. The molecular weight excluding hydrogens is 310 g/mol. The first kappa shape index (κ1) is 16.4. The Hall–Kier alpha value is -2.02. The van der Waals surface area contributed by atoms with E-state index in [9.17, 15) is 13.6 Å². The Kier molecular flexibility index (Phi) is 4.75. The van der Waals surface area contributed by atoms with Crippen LogP contribution in [0.2, 0.25) is 0 Å². The van der Waals surface area contributed by atoms with Crippen LogP contribution >= 0.6 is 12.2 Å². The Morgan fingerprint density at radius 1 is 1.41 bits per heavy atom. The molecule has 7 heteroatoms. The fraction of sp³-hybridized carbons (Fsp3) is 0.333. The molecule has 118 valence electrons. The molecule has 1 aliphatic heterocycles. The third kappa shape index (κ3) is 2.68. The standard InChI is InChI=1S/C15H16F2N2O2S/c1-4-19-8(2)11(14(20)21-3)13(18-15(19)22)12-9(16)6-5-7-10(12)17/h5-7,13H,4H2,1-3H3,(H,18,22)/t13-/m0/s1. The Labute approximate surface area is 132 Å². The number of rotatable bonds is 3. The van der Waals surface area contributed by atoms with Crippen LogP contribution in [0.5, 0.6) is 0 Å². The molecule has 0 radical (unpaired) electrons. The predicted octanol–water partition coefficient (Wildman–Crippen LogP) is 2.66. The molecule has 1 aromatic carbocycles. The average molecular weight is 326 g/mol. The Morgan fingerprint density at radius 2 is 2.00 bits per heavy atom. The minimum atomic E-state index is -1.02. The lowest BCUT2D eigenvalue weighted by Crippen LogP contribution is -2.48. The fourth-order valence-corrected chi connectivity index (χ4v) is 2.92. The highest BCUT2D eigenvalue weighted by Crippen LogP contribution is 2.33. The van der Waals surface area contributed by atoms with E-state index in [4.69, 9.17) is 17.0 Å². The van der Waals surface area contributed by atoms with E-state index >= 15 is 0 Å². The highest BCUT2D eigenvalue weighted by molar-refractivity contribution is 7.80. The molecule has 1 N–H and O–H groups in total. The number of esters is 1. The van der Waals surface area contributed by atoms with Gasteiger partial charge < -0.3 is 15.0 Å². The molecule has 1 atom stereocenters. The monoisotopic (exact) mass is 326 g/mol. The topological polar surface area (TPSA) is 41.6 Å². The molecular formula is C15H16F2N2O2S. The molecule has 0 spiro atoms. The Bertz CT molecular complexity index is 641. The second-order valence-corrected chi connectivity index (χ2v) is 5.14. The molecule has 0 saturated carbocycles. The summed E-state index contributed by atoms with van der Waals surface area (Å²) in [6, 6.07) is 2.52. The molecule has 4 nitrogen and oxygen atoms in total. The first-order chi connectivity index (χ1) is 10.4. The van der Waals surface area contributed by atoms with E-state index in [0.717, 1.165) is 12.1 Å². The van der Waals surface area contributed by atoms with Gasteiger partial charge in [-0.25, -0.2) is 13.6 Å². The van der Waals surface area contributed by atoms with Crippen molar-refractivity contribution in [2.75, 3.05) is 13.7 Å². The minimum absolute atomic E-state index is 0.141. The van der Waals surface area contributed by atoms with Crippen molar-refractivity contribution in [2.24, 2.45) is 0 Å². The smallest absolute Gasteiger partial charge is 0.337 e. The van der Waals surface area contributed by atoms with Gasteiger partial charge in [0.25, 0.3) is 0 Å². The molecule has 22 heavy (non-hydrogen) atoms. The molecule has 0 saturated heterocycles. The minimum Gasteiger partial charge on any atom is -0.466 e. The Morgan fingerprint density at radius 3 is 2.50 bits per heavy atom. The number of hydrogen-bond acceptors (Lipinski definition) is 3. The molecule has 2 rings (SSSR count). The van der Waals surface area contributed by atoms with Crippen LogP contribution in [0.25, 0.3) is 0 Å². The van der Waals surface area contributed by atoms with E-state index in [1.807, 2.05) is 6.92 Å². The zero-order valence-corrected chi connectivity index (χ0v) is 13.3. The van der Waals surface area contributed by atoms with Crippen molar-refractivity contribution in [1.82, 2.24) is 10.2 Å². The third-order valence-electron chi connectivity index (χ3n) is 3.61.